The SMILES string of the molecule is CCC(=O)N(Cc1csc(COc2cc(C)cc(C)c2C)n1)C1CC1. The highest BCUT2D eigenvalue weighted by atomic mass is 32.1. The Hall–Kier alpha value is -1.88. The van der Waals surface area contributed by atoms with Gasteiger partial charge in [0.15, 0.2) is 0 Å². The zero-order valence-corrected chi connectivity index (χ0v) is 16.3. The topological polar surface area (TPSA) is 42.4 Å². The number of hydrogen-bond donors (Lipinski definition) is 0. The summed E-state index contributed by atoms with van der Waals surface area (Å²) in [5.74, 6) is 1.15. The van der Waals surface area contributed by atoms with Crippen LogP contribution < -0.4 is 4.74 Å². The number of hydrogen-bond acceptors (Lipinski definition) is 4. The van der Waals surface area contributed by atoms with Gasteiger partial charge in [0.1, 0.15) is 17.4 Å². The summed E-state index contributed by atoms with van der Waals surface area (Å²) < 4.78 is 6.00. The molecular weight excluding hydrogens is 332 g/mol. The lowest BCUT2D eigenvalue weighted by Crippen LogP contribution is -2.32. The van der Waals surface area contributed by atoms with Crippen LogP contribution in [0.15, 0.2) is 17.5 Å². The van der Waals surface area contributed by atoms with Crippen LogP contribution in [0.2, 0.25) is 0 Å². The Labute approximate surface area is 153 Å². The van der Waals surface area contributed by atoms with Crippen molar-refractivity contribution < 1.29 is 9.53 Å². The van der Waals surface area contributed by atoms with Crippen molar-refractivity contribution >= 4 is 17.2 Å². The van der Waals surface area contributed by atoms with Crippen molar-refractivity contribution in [2.75, 3.05) is 0 Å². The van der Waals surface area contributed by atoms with E-state index in [1.807, 2.05) is 17.2 Å². The van der Waals surface area contributed by atoms with Gasteiger partial charge in [0, 0.05) is 17.8 Å². The number of rotatable bonds is 7. The molecule has 0 spiro atoms. The molecule has 0 N–H and O–H groups in total. The Morgan fingerprint density at radius 2 is 2.08 bits per heavy atom. The van der Waals surface area contributed by atoms with E-state index in [-0.39, 0.29) is 5.91 Å². The highest BCUT2D eigenvalue weighted by molar-refractivity contribution is 7.09. The lowest BCUT2D eigenvalue weighted by atomic mass is 10.1. The van der Waals surface area contributed by atoms with Crippen molar-refractivity contribution in [2.24, 2.45) is 0 Å². The number of nitrogens with zero attached hydrogens (tertiary/aromatic N) is 2. The van der Waals surface area contributed by atoms with Gasteiger partial charge in [-0.15, -0.1) is 11.3 Å². The summed E-state index contributed by atoms with van der Waals surface area (Å²) in [7, 11) is 0. The molecule has 134 valence electrons. The molecule has 0 aliphatic heterocycles. The fourth-order valence-corrected chi connectivity index (χ4v) is 3.66. The average Bonchev–Trinajstić information content (AvgIpc) is 3.33. The van der Waals surface area contributed by atoms with Crippen molar-refractivity contribution in [1.82, 2.24) is 9.88 Å². The van der Waals surface area contributed by atoms with Gasteiger partial charge in [-0.2, -0.15) is 0 Å². The summed E-state index contributed by atoms with van der Waals surface area (Å²) >= 11 is 1.60. The molecular formula is C20H26N2O2S. The molecule has 1 aromatic heterocycles. The Bertz CT molecular complexity index is 765. The molecule has 25 heavy (non-hydrogen) atoms. The Balaban J connectivity index is 1.63. The van der Waals surface area contributed by atoms with Gasteiger partial charge >= 0.3 is 0 Å². The minimum atomic E-state index is 0.221. The Kier molecular flexibility index (Phi) is 5.42. The Morgan fingerprint density at radius 1 is 1.32 bits per heavy atom. The van der Waals surface area contributed by atoms with Crippen LogP contribution in [0.5, 0.6) is 5.75 Å². The first-order chi connectivity index (χ1) is 12.0. The van der Waals surface area contributed by atoms with Gasteiger partial charge in [-0.1, -0.05) is 13.0 Å². The van der Waals surface area contributed by atoms with Gasteiger partial charge in [-0.05, 0) is 56.4 Å². The van der Waals surface area contributed by atoms with Gasteiger partial charge in [0.2, 0.25) is 5.91 Å². The molecule has 0 atom stereocenters. The smallest absolute Gasteiger partial charge is 0.222 e. The maximum atomic E-state index is 12.1. The van der Waals surface area contributed by atoms with E-state index in [9.17, 15) is 4.79 Å². The maximum Gasteiger partial charge on any atom is 0.222 e. The first-order valence-electron chi connectivity index (χ1n) is 8.91. The lowest BCUT2D eigenvalue weighted by molar-refractivity contribution is -0.132. The zero-order valence-electron chi connectivity index (χ0n) is 15.5. The fraction of sp³-hybridized carbons (Fsp3) is 0.500. The lowest BCUT2D eigenvalue weighted by Gasteiger charge is -2.20. The molecule has 1 fully saturated rings. The highest BCUT2D eigenvalue weighted by Gasteiger charge is 2.32. The van der Waals surface area contributed by atoms with Crippen molar-refractivity contribution in [2.45, 2.75) is 66.2 Å². The molecule has 0 bridgehead atoms. The van der Waals surface area contributed by atoms with Crippen molar-refractivity contribution in [3.63, 3.8) is 0 Å². The van der Waals surface area contributed by atoms with Crippen LogP contribution in [0.25, 0.3) is 0 Å². The molecule has 0 unspecified atom stereocenters. The molecule has 1 saturated carbocycles. The highest BCUT2D eigenvalue weighted by Crippen LogP contribution is 2.29. The number of carbonyl (C=O) groups excluding carboxylic acids is 1. The van der Waals surface area contributed by atoms with Crippen LogP contribution >= 0.6 is 11.3 Å². The van der Waals surface area contributed by atoms with E-state index in [4.69, 9.17) is 4.74 Å². The standard InChI is InChI=1S/C20H26N2O2S/c1-5-20(23)22(17-6-7-17)10-16-12-25-19(21-16)11-24-18-9-13(2)8-14(3)15(18)4/h8-9,12,17H,5-7,10-11H2,1-4H3. The predicted molar refractivity (Wildman–Crippen MR) is 101 cm³/mol. The van der Waals surface area contributed by atoms with E-state index in [1.165, 1.54) is 16.7 Å². The maximum absolute atomic E-state index is 12.1. The van der Waals surface area contributed by atoms with Gasteiger partial charge in [0.05, 0.1) is 12.2 Å². The van der Waals surface area contributed by atoms with Crippen LogP contribution in [0.1, 0.15) is 53.6 Å². The predicted octanol–water partition coefficient (Wildman–Crippen LogP) is 4.55. The molecule has 1 heterocycles. The van der Waals surface area contributed by atoms with Crippen LogP contribution in [0.3, 0.4) is 0 Å². The van der Waals surface area contributed by atoms with Gasteiger partial charge in [-0.3, -0.25) is 4.79 Å². The number of carbonyl (C=O) groups is 1. The molecule has 1 aromatic carbocycles. The number of thiazole rings is 1. The monoisotopic (exact) mass is 358 g/mol. The van der Waals surface area contributed by atoms with E-state index in [2.05, 4.69) is 37.9 Å². The minimum Gasteiger partial charge on any atom is -0.486 e. The summed E-state index contributed by atoms with van der Waals surface area (Å²) in [6.07, 6.45) is 2.80. The molecule has 1 aliphatic rings. The molecule has 2 aromatic rings. The van der Waals surface area contributed by atoms with Crippen LogP contribution in [-0.2, 0) is 17.9 Å². The third kappa shape index (κ3) is 4.40. The Morgan fingerprint density at radius 3 is 2.76 bits per heavy atom. The number of aryl methyl sites for hydroxylation is 2. The normalized spacial score (nSPS) is 13.8. The summed E-state index contributed by atoms with van der Waals surface area (Å²) in [6, 6.07) is 4.67. The number of amides is 1. The summed E-state index contributed by atoms with van der Waals surface area (Å²) in [5.41, 5.74) is 4.59. The van der Waals surface area contributed by atoms with Crippen LogP contribution in [0, 0.1) is 20.8 Å². The third-order valence-corrected chi connectivity index (χ3v) is 5.53. The van der Waals surface area contributed by atoms with Crippen molar-refractivity contribution in [3.8, 4) is 5.75 Å². The largest absolute Gasteiger partial charge is 0.486 e. The fourth-order valence-electron chi connectivity index (χ4n) is 2.96. The first kappa shape index (κ1) is 17.9. The number of ether oxygens (including phenoxy) is 1. The second-order valence-corrected chi connectivity index (χ2v) is 7.78. The number of aromatic nitrogens is 1. The molecule has 0 saturated heterocycles. The summed E-state index contributed by atoms with van der Waals surface area (Å²) in [6.45, 7) is 9.29. The van der Waals surface area contributed by atoms with Crippen molar-refractivity contribution in [3.05, 3.63) is 44.9 Å². The average molecular weight is 359 g/mol. The molecule has 1 aliphatic carbocycles. The zero-order chi connectivity index (χ0) is 18.0. The van der Waals surface area contributed by atoms with E-state index in [0.29, 0.717) is 25.6 Å². The molecule has 0 radical (unpaired) electrons. The summed E-state index contributed by atoms with van der Waals surface area (Å²) in [5, 5.41) is 3.00. The van der Waals surface area contributed by atoms with E-state index >= 15 is 0 Å². The van der Waals surface area contributed by atoms with Crippen molar-refractivity contribution in [1.29, 1.82) is 0 Å². The second kappa shape index (κ2) is 7.56. The van der Waals surface area contributed by atoms with Crippen LogP contribution in [0.4, 0.5) is 0 Å². The van der Waals surface area contributed by atoms with E-state index in [1.54, 1.807) is 11.3 Å². The van der Waals surface area contributed by atoms with E-state index in [0.717, 1.165) is 29.3 Å². The number of benzene rings is 1. The molecule has 5 heteroatoms. The first-order valence-corrected chi connectivity index (χ1v) is 9.79. The second-order valence-electron chi connectivity index (χ2n) is 6.83. The van der Waals surface area contributed by atoms with Gasteiger partial charge in [-0.25, -0.2) is 4.98 Å². The minimum absolute atomic E-state index is 0.221. The summed E-state index contributed by atoms with van der Waals surface area (Å²) in [4.78, 5) is 18.7. The third-order valence-electron chi connectivity index (χ3n) is 4.66. The van der Waals surface area contributed by atoms with Gasteiger partial charge in [0.25, 0.3) is 0 Å². The quantitative estimate of drug-likeness (QED) is 0.729. The molecule has 4 nitrogen and oxygen atoms in total. The van der Waals surface area contributed by atoms with E-state index < -0.39 is 0 Å². The van der Waals surface area contributed by atoms with Crippen LogP contribution in [-0.4, -0.2) is 21.8 Å². The van der Waals surface area contributed by atoms with Gasteiger partial charge < -0.3 is 9.64 Å². The molecule has 3 rings (SSSR count). The molecule has 1 amide bonds.